The number of ether oxygens (including phenoxy) is 1. The van der Waals surface area contributed by atoms with Crippen molar-refractivity contribution in [3.63, 3.8) is 0 Å². The first-order chi connectivity index (χ1) is 17.2. The highest BCUT2D eigenvalue weighted by atomic mass is 16.5. The molecule has 1 atom stereocenters. The van der Waals surface area contributed by atoms with Gasteiger partial charge in [0.1, 0.15) is 11.2 Å². The van der Waals surface area contributed by atoms with Crippen molar-refractivity contribution < 1.29 is 14.9 Å². The Morgan fingerprint density at radius 1 is 1.17 bits per heavy atom. The molecule has 2 aromatic heterocycles. The van der Waals surface area contributed by atoms with Crippen LogP contribution in [0.15, 0.2) is 24.4 Å². The van der Waals surface area contributed by atoms with Gasteiger partial charge in [-0.15, -0.1) is 0 Å². The quantitative estimate of drug-likeness (QED) is 0.561. The normalized spacial score (nSPS) is 21.6. The predicted octanol–water partition coefficient (Wildman–Crippen LogP) is 2.84. The number of hydrogen-bond acceptors (Lipinski definition) is 8. The van der Waals surface area contributed by atoms with E-state index in [1.54, 1.807) is 10.9 Å². The van der Waals surface area contributed by atoms with Crippen LogP contribution in [-0.2, 0) is 17.8 Å². The Balaban J connectivity index is 1.29. The first kappa shape index (κ1) is 23.6. The second-order valence-electron chi connectivity index (χ2n) is 11.5. The van der Waals surface area contributed by atoms with Crippen molar-refractivity contribution >= 4 is 22.7 Å². The summed E-state index contributed by atoms with van der Waals surface area (Å²) in [5.41, 5.74) is 4.74. The smallest absolute Gasteiger partial charge is 0.182 e. The van der Waals surface area contributed by atoms with Gasteiger partial charge >= 0.3 is 0 Å². The lowest BCUT2D eigenvalue weighted by atomic mass is 9.77. The van der Waals surface area contributed by atoms with Gasteiger partial charge in [-0.25, -0.2) is 14.6 Å². The number of anilines is 2. The summed E-state index contributed by atoms with van der Waals surface area (Å²) in [6, 6.07) is 6.31. The van der Waals surface area contributed by atoms with Gasteiger partial charge in [-0.3, -0.25) is 0 Å². The molecule has 5 heterocycles. The van der Waals surface area contributed by atoms with Gasteiger partial charge in [0, 0.05) is 31.9 Å². The van der Waals surface area contributed by atoms with Gasteiger partial charge in [-0.05, 0) is 69.6 Å². The number of fused-ring (bicyclic) bond motifs is 2. The summed E-state index contributed by atoms with van der Waals surface area (Å²) in [4.78, 5) is 14.3. The van der Waals surface area contributed by atoms with E-state index in [1.807, 2.05) is 13.8 Å². The lowest BCUT2D eigenvalue weighted by Gasteiger charge is -2.39. The van der Waals surface area contributed by atoms with Crippen LogP contribution in [0.1, 0.15) is 51.3 Å². The van der Waals surface area contributed by atoms with Crippen LogP contribution in [0.5, 0.6) is 0 Å². The summed E-state index contributed by atoms with van der Waals surface area (Å²) in [5, 5.41) is 25.2. The second kappa shape index (κ2) is 8.68. The van der Waals surface area contributed by atoms with Crippen molar-refractivity contribution in [2.24, 2.45) is 5.41 Å². The lowest BCUT2D eigenvalue weighted by molar-refractivity contribution is 0.0878. The molecular formula is C27H36N6O3. The van der Waals surface area contributed by atoms with Crippen molar-refractivity contribution in [3.05, 3.63) is 35.7 Å². The van der Waals surface area contributed by atoms with E-state index in [9.17, 15) is 10.2 Å². The zero-order valence-corrected chi connectivity index (χ0v) is 21.4. The minimum Gasteiger partial charge on any atom is -0.390 e. The van der Waals surface area contributed by atoms with Crippen LogP contribution in [0.3, 0.4) is 0 Å². The Hall–Kier alpha value is -2.75. The Morgan fingerprint density at radius 2 is 1.97 bits per heavy atom. The molecule has 0 unspecified atom stereocenters. The van der Waals surface area contributed by atoms with Crippen molar-refractivity contribution in [2.45, 2.75) is 64.8 Å². The zero-order chi connectivity index (χ0) is 25.1. The summed E-state index contributed by atoms with van der Waals surface area (Å²) < 4.78 is 7.68. The topological polar surface area (TPSA) is 99.8 Å². The van der Waals surface area contributed by atoms with Crippen LogP contribution >= 0.6 is 0 Å². The van der Waals surface area contributed by atoms with Gasteiger partial charge in [0.2, 0.25) is 0 Å². The van der Waals surface area contributed by atoms with Crippen LogP contribution in [0, 0.1) is 5.41 Å². The van der Waals surface area contributed by atoms with Crippen LogP contribution < -0.4 is 9.80 Å². The third-order valence-corrected chi connectivity index (χ3v) is 8.00. The predicted molar refractivity (Wildman–Crippen MR) is 139 cm³/mol. The van der Waals surface area contributed by atoms with Crippen molar-refractivity contribution in [2.75, 3.05) is 42.6 Å². The maximum atomic E-state index is 10.3. The minimum atomic E-state index is -0.773. The molecule has 2 saturated heterocycles. The summed E-state index contributed by atoms with van der Waals surface area (Å²) in [5.74, 6) is 0.761. The highest BCUT2D eigenvalue weighted by Crippen LogP contribution is 2.43. The Bertz CT molecular complexity index is 1270. The molecule has 1 aromatic carbocycles. The fraction of sp³-hybridized carbons (Fsp3) is 0.593. The lowest BCUT2D eigenvalue weighted by Crippen LogP contribution is -2.41. The van der Waals surface area contributed by atoms with Crippen molar-refractivity contribution in [1.82, 2.24) is 19.7 Å². The second-order valence-corrected chi connectivity index (χ2v) is 11.5. The maximum absolute atomic E-state index is 10.3. The highest BCUT2D eigenvalue weighted by Gasteiger charge is 2.41. The number of β-amino-alcohol motifs (C(OH)–C–C–N with tert-alkyl or cyclic N) is 1. The Labute approximate surface area is 211 Å². The highest BCUT2D eigenvalue weighted by molar-refractivity contribution is 5.75. The number of aromatic nitrogens is 4. The Morgan fingerprint density at radius 3 is 2.67 bits per heavy atom. The largest absolute Gasteiger partial charge is 0.390 e. The third kappa shape index (κ3) is 4.23. The molecule has 3 aliphatic heterocycles. The molecule has 9 heteroatoms. The molecule has 3 aromatic rings. The molecule has 2 N–H and O–H groups in total. The first-order valence-corrected chi connectivity index (χ1v) is 13.1. The number of rotatable bonds is 5. The number of piperidine rings is 1. The molecule has 0 bridgehead atoms. The number of nitrogens with zero attached hydrogens (tertiary/aromatic N) is 6. The van der Waals surface area contributed by atoms with Crippen molar-refractivity contribution in [3.8, 4) is 5.69 Å². The molecule has 9 nitrogen and oxygen atoms in total. The fourth-order valence-corrected chi connectivity index (χ4v) is 6.21. The molecule has 6 rings (SSSR count). The van der Waals surface area contributed by atoms with Crippen LogP contribution in [0.25, 0.3) is 16.9 Å². The third-order valence-electron chi connectivity index (χ3n) is 8.00. The summed E-state index contributed by atoms with van der Waals surface area (Å²) >= 11 is 0. The molecular weight excluding hydrogens is 456 g/mol. The van der Waals surface area contributed by atoms with E-state index in [2.05, 4.69) is 40.0 Å². The molecule has 36 heavy (non-hydrogen) atoms. The van der Waals surface area contributed by atoms with E-state index in [-0.39, 0.29) is 12.0 Å². The monoisotopic (exact) mass is 492 g/mol. The van der Waals surface area contributed by atoms with E-state index in [1.165, 1.54) is 5.56 Å². The maximum Gasteiger partial charge on any atom is 0.182 e. The SMILES string of the molecule is C[C@H]1CC2(CCN(c3nc4cnn(-c5ccc6c(c5)N(CC(C)(C)O)CC6)c4nc3CO)CC2)CO1. The first-order valence-electron chi connectivity index (χ1n) is 13.1. The van der Waals surface area contributed by atoms with E-state index in [0.717, 1.165) is 69.1 Å². The van der Waals surface area contributed by atoms with Gasteiger partial charge in [0.15, 0.2) is 11.5 Å². The average molecular weight is 493 g/mol. The number of aliphatic hydroxyl groups is 2. The molecule has 0 saturated carbocycles. The van der Waals surface area contributed by atoms with Gasteiger partial charge in [0.25, 0.3) is 0 Å². The molecule has 2 fully saturated rings. The summed E-state index contributed by atoms with van der Waals surface area (Å²) in [7, 11) is 0. The van der Waals surface area contributed by atoms with Gasteiger partial charge in [-0.2, -0.15) is 5.10 Å². The van der Waals surface area contributed by atoms with Crippen molar-refractivity contribution in [1.29, 1.82) is 0 Å². The fourth-order valence-electron chi connectivity index (χ4n) is 6.21. The standard InChI is InChI=1S/C27H36N6O3/c1-18-13-27(17-36-18)7-10-31(11-8-27)24-22(15-34)30-25-21(29-24)14-28-33(25)20-5-4-19-6-9-32(23(19)12-20)16-26(2,3)35/h4-5,12,14,18,34-35H,6-11,13,15-17H2,1-3H3/t18-/m0/s1. The Kier molecular flexibility index (Phi) is 5.70. The van der Waals surface area contributed by atoms with Gasteiger partial charge in [0.05, 0.1) is 36.8 Å². The van der Waals surface area contributed by atoms with E-state index < -0.39 is 5.60 Å². The van der Waals surface area contributed by atoms with E-state index in [4.69, 9.17) is 14.7 Å². The van der Waals surface area contributed by atoms with Crippen LogP contribution in [0.2, 0.25) is 0 Å². The molecule has 192 valence electrons. The summed E-state index contributed by atoms with van der Waals surface area (Å²) in [6.07, 6.45) is 6.32. The van der Waals surface area contributed by atoms with Crippen LogP contribution in [0.4, 0.5) is 11.5 Å². The zero-order valence-electron chi connectivity index (χ0n) is 21.4. The molecule has 0 radical (unpaired) electrons. The van der Waals surface area contributed by atoms with Gasteiger partial charge in [-0.1, -0.05) is 6.07 Å². The average Bonchev–Trinajstić information content (AvgIpc) is 3.54. The molecule has 1 spiro atoms. The molecule has 0 aliphatic carbocycles. The molecule has 0 amide bonds. The van der Waals surface area contributed by atoms with Crippen LogP contribution in [-0.4, -0.2) is 74.5 Å². The van der Waals surface area contributed by atoms with E-state index >= 15 is 0 Å². The van der Waals surface area contributed by atoms with E-state index in [0.29, 0.717) is 29.5 Å². The number of hydrogen-bond donors (Lipinski definition) is 2. The van der Waals surface area contributed by atoms with Gasteiger partial charge < -0.3 is 24.7 Å². The number of aliphatic hydroxyl groups excluding tert-OH is 1. The summed E-state index contributed by atoms with van der Waals surface area (Å²) in [6.45, 7) is 9.75. The number of benzene rings is 1. The minimum absolute atomic E-state index is 0.172. The molecule has 3 aliphatic rings.